The fraction of sp³-hybridized carbons (Fsp3) is 0.412. The zero-order valence-electron chi connectivity index (χ0n) is 11.4. The number of benzene rings is 2. The molecule has 0 heterocycles. The van der Waals surface area contributed by atoms with Crippen molar-refractivity contribution in [1.82, 2.24) is 5.32 Å². The average molecular weight is 241 g/mol. The normalized spacial score (nSPS) is 11.3. The van der Waals surface area contributed by atoms with Gasteiger partial charge < -0.3 is 5.32 Å². The van der Waals surface area contributed by atoms with Gasteiger partial charge >= 0.3 is 0 Å². The number of fused-ring (bicyclic) bond motifs is 1. The molecule has 0 aliphatic heterocycles. The van der Waals surface area contributed by atoms with E-state index in [-0.39, 0.29) is 0 Å². The van der Waals surface area contributed by atoms with Gasteiger partial charge in [0.2, 0.25) is 0 Å². The molecule has 0 bridgehead atoms. The summed E-state index contributed by atoms with van der Waals surface area (Å²) in [7, 11) is 0. The van der Waals surface area contributed by atoms with Gasteiger partial charge in [0.05, 0.1) is 0 Å². The van der Waals surface area contributed by atoms with E-state index in [0.29, 0.717) is 0 Å². The first-order chi connectivity index (χ1) is 8.75. The highest BCUT2D eigenvalue weighted by Gasteiger charge is 1.97. The van der Waals surface area contributed by atoms with Crippen LogP contribution in [0.4, 0.5) is 0 Å². The molecule has 2 aromatic rings. The van der Waals surface area contributed by atoms with Crippen molar-refractivity contribution in [2.75, 3.05) is 13.1 Å². The molecule has 0 radical (unpaired) electrons. The van der Waals surface area contributed by atoms with E-state index in [1.807, 2.05) is 0 Å². The maximum Gasteiger partial charge on any atom is -0.00258 e. The van der Waals surface area contributed by atoms with Crippen molar-refractivity contribution in [2.45, 2.75) is 26.7 Å². The smallest absolute Gasteiger partial charge is 0.00258 e. The second-order valence-corrected chi connectivity index (χ2v) is 5.38. The molecule has 1 nitrogen and oxygen atoms in total. The molecule has 0 aliphatic rings. The van der Waals surface area contributed by atoms with E-state index in [1.54, 1.807) is 0 Å². The molecule has 0 unspecified atom stereocenters. The lowest BCUT2D eigenvalue weighted by molar-refractivity contribution is 0.543. The monoisotopic (exact) mass is 241 g/mol. The average Bonchev–Trinajstić information content (AvgIpc) is 2.38. The van der Waals surface area contributed by atoms with Crippen LogP contribution in [0.3, 0.4) is 0 Å². The van der Waals surface area contributed by atoms with Gasteiger partial charge in [0.25, 0.3) is 0 Å². The number of nitrogens with one attached hydrogen (secondary N) is 1. The predicted molar refractivity (Wildman–Crippen MR) is 80.0 cm³/mol. The van der Waals surface area contributed by atoms with Crippen LogP contribution in [0.2, 0.25) is 0 Å². The van der Waals surface area contributed by atoms with Gasteiger partial charge in [0.1, 0.15) is 0 Å². The van der Waals surface area contributed by atoms with Gasteiger partial charge in [-0.2, -0.15) is 0 Å². The fourth-order valence-electron chi connectivity index (χ4n) is 2.20. The van der Waals surface area contributed by atoms with E-state index in [4.69, 9.17) is 0 Å². The summed E-state index contributed by atoms with van der Waals surface area (Å²) in [5.41, 5.74) is 1.44. The molecular weight excluding hydrogens is 218 g/mol. The Kier molecular flexibility index (Phi) is 4.77. The highest BCUT2D eigenvalue weighted by atomic mass is 14.8. The Balaban J connectivity index is 1.84. The van der Waals surface area contributed by atoms with Gasteiger partial charge in [0.15, 0.2) is 0 Å². The van der Waals surface area contributed by atoms with Crippen molar-refractivity contribution in [2.24, 2.45) is 5.92 Å². The van der Waals surface area contributed by atoms with Crippen LogP contribution in [0.15, 0.2) is 42.5 Å². The zero-order chi connectivity index (χ0) is 12.8. The van der Waals surface area contributed by atoms with Crippen molar-refractivity contribution in [3.8, 4) is 0 Å². The minimum absolute atomic E-state index is 0.741. The molecule has 2 aromatic carbocycles. The molecule has 2 rings (SSSR count). The third kappa shape index (κ3) is 3.85. The lowest BCUT2D eigenvalue weighted by Gasteiger charge is -2.07. The maximum absolute atomic E-state index is 3.49. The second-order valence-electron chi connectivity index (χ2n) is 5.38. The van der Waals surface area contributed by atoms with Crippen LogP contribution in [0.25, 0.3) is 10.8 Å². The highest BCUT2D eigenvalue weighted by molar-refractivity contribution is 5.82. The van der Waals surface area contributed by atoms with Crippen LogP contribution in [0.5, 0.6) is 0 Å². The quantitative estimate of drug-likeness (QED) is 0.753. The topological polar surface area (TPSA) is 12.0 Å². The molecule has 1 N–H and O–H groups in total. The van der Waals surface area contributed by atoms with Gasteiger partial charge in [-0.25, -0.2) is 0 Å². The van der Waals surface area contributed by atoms with Crippen LogP contribution in [-0.4, -0.2) is 13.1 Å². The molecule has 0 amide bonds. The van der Waals surface area contributed by atoms with Gasteiger partial charge in [-0.05, 0) is 48.2 Å². The van der Waals surface area contributed by atoms with E-state index >= 15 is 0 Å². The molecule has 18 heavy (non-hydrogen) atoms. The van der Waals surface area contributed by atoms with E-state index in [2.05, 4.69) is 61.6 Å². The molecule has 0 saturated heterocycles. The van der Waals surface area contributed by atoms with Crippen molar-refractivity contribution < 1.29 is 0 Å². The van der Waals surface area contributed by atoms with Crippen molar-refractivity contribution in [3.63, 3.8) is 0 Å². The first-order valence-corrected chi connectivity index (χ1v) is 6.94. The molecule has 1 heteroatoms. The highest BCUT2D eigenvalue weighted by Crippen LogP contribution is 2.16. The first-order valence-electron chi connectivity index (χ1n) is 6.94. The summed E-state index contributed by atoms with van der Waals surface area (Å²) in [5.74, 6) is 0.741. The number of hydrogen-bond acceptors (Lipinski definition) is 1. The molecule has 0 spiro atoms. The second kappa shape index (κ2) is 6.55. The van der Waals surface area contributed by atoms with Crippen molar-refractivity contribution in [3.05, 3.63) is 48.0 Å². The predicted octanol–water partition coefficient (Wildman–Crippen LogP) is 4.02. The molecule has 0 aromatic heterocycles. The summed E-state index contributed by atoms with van der Waals surface area (Å²) in [6.45, 7) is 6.73. The molecule has 96 valence electrons. The van der Waals surface area contributed by atoms with E-state index in [9.17, 15) is 0 Å². The van der Waals surface area contributed by atoms with E-state index in [1.165, 1.54) is 22.8 Å². The zero-order valence-corrected chi connectivity index (χ0v) is 11.4. The van der Waals surface area contributed by atoms with Gasteiger partial charge in [0, 0.05) is 0 Å². The summed E-state index contributed by atoms with van der Waals surface area (Å²) in [4.78, 5) is 0. The van der Waals surface area contributed by atoms with E-state index < -0.39 is 0 Å². The molecule has 0 fully saturated rings. The summed E-state index contributed by atoms with van der Waals surface area (Å²) < 4.78 is 0. The van der Waals surface area contributed by atoms with Crippen LogP contribution < -0.4 is 5.32 Å². The Bertz CT molecular complexity index is 488. The van der Waals surface area contributed by atoms with Crippen LogP contribution in [0.1, 0.15) is 25.8 Å². The lowest BCUT2D eigenvalue weighted by Crippen LogP contribution is -2.21. The maximum atomic E-state index is 3.49. The molecule has 0 atom stereocenters. The van der Waals surface area contributed by atoms with Crippen molar-refractivity contribution in [1.29, 1.82) is 0 Å². The fourth-order valence-corrected chi connectivity index (χ4v) is 2.20. The molecule has 0 saturated carbocycles. The van der Waals surface area contributed by atoms with Crippen LogP contribution in [-0.2, 0) is 6.42 Å². The summed E-state index contributed by atoms with van der Waals surface area (Å²) >= 11 is 0. The van der Waals surface area contributed by atoms with Gasteiger partial charge in [-0.1, -0.05) is 56.3 Å². The Morgan fingerprint density at radius 2 is 1.78 bits per heavy atom. The summed E-state index contributed by atoms with van der Waals surface area (Å²) in [6.07, 6.45) is 2.38. The van der Waals surface area contributed by atoms with Crippen molar-refractivity contribution >= 4 is 10.8 Å². The number of rotatable bonds is 6. The van der Waals surface area contributed by atoms with Crippen LogP contribution >= 0.6 is 0 Å². The Hall–Kier alpha value is -1.34. The largest absolute Gasteiger partial charge is 0.316 e. The van der Waals surface area contributed by atoms with Crippen LogP contribution in [0, 0.1) is 5.92 Å². The summed E-state index contributed by atoms with van der Waals surface area (Å²) in [5, 5.41) is 6.18. The SMILES string of the molecule is CC(C)CNCCCc1ccc2ccccc2c1. The first kappa shape index (κ1) is 13.1. The molecular formula is C17H23N. The minimum Gasteiger partial charge on any atom is -0.316 e. The Labute approximate surface area is 110 Å². The third-order valence-electron chi connectivity index (χ3n) is 3.19. The molecule has 0 aliphatic carbocycles. The Morgan fingerprint density at radius 1 is 1.00 bits per heavy atom. The van der Waals surface area contributed by atoms with Gasteiger partial charge in [-0.3, -0.25) is 0 Å². The number of hydrogen-bond donors (Lipinski definition) is 1. The van der Waals surface area contributed by atoms with Gasteiger partial charge in [-0.15, -0.1) is 0 Å². The lowest BCUT2D eigenvalue weighted by atomic mass is 10.0. The minimum atomic E-state index is 0.741. The third-order valence-corrected chi connectivity index (χ3v) is 3.19. The standard InChI is InChI=1S/C17H23N/c1-14(2)13-18-11-5-6-15-9-10-16-7-3-4-8-17(16)12-15/h3-4,7-10,12,14,18H,5-6,11,13H2,1-2H3. The summed E-state index contributed by atoms with van der Waals surface area (Å²) in [6, 6.07) is 15.4. The number of aryl methyl sites for hydroxylation is 1. The van der Waals surface area contributed by atoms with E-state index in [0.717, 1.165) is 25.4 Å². The Morgan fingerprint density at radius 3 is 2.56 bits per heavy atom.